The van der Waals surface area contributed by atoms with Crippen LogP contribution in [0.1, 0.15) is 41.9 Å². The van der Waals surface area contributed by atoms with Gasteiger partial charge in [-0.3, -0.25) is 0 Å². The molecular weight excluding hydrogens is 234 g/mol. The smallest absolute Gasteiger partial charge is 0.358 e. The maximum Gasteiger partial charge on any atom is 0.358 e. The van der Waals surface area contributed by atoms with E-state index in [2.05, 4.69) is 10.3 Å². The standard InChI is InChI=1S/C12H17N3O3/c16-10(8-3-4-8)6-15-9(5-7-1-2-7)11(12(17)18)13-14-15/h7-8,10,16H,1-6H2,(H,17,18). The van der Waals surface area contributed by atoms with Gasteiger partial charge < -0.3 is 10.2 Å². The van der Waals surface area contributed by atoms with Crippen molar-refractivity contribution in [2.75, 3.05) is 0 Å². The second-order valence-electron chi connectivity index (χ2n) is 5.42. The maximum absolute atomic E-state index is 11.1. The topological polar surface area (TPSA) is 88.2 Å². The first kappa shape index (κ1) is 11.6. The van der Waals surface area contributed by atoms with Crippen molar-refractivity contribution in [3.8, 4) is 0 Å². The largest absolute Gasteiger partial charge is 0.476 e. The Bertz CT molecular complexity index is 463. The Labute approximate surface area is 105 Å². The summed E-state index contributed by atoms with van der Waals surface area (Å²) in [4.78, 5) is 11.1. The van der Waals surface area contributed by atoms with E-state index in [9.17, 15) is 9.90 Å². The fourth-order valence-electron chi connectivity index (χ4n) is 2.25. The summed E-state index contributed by atoms with van der Waals surface area (Å²) in [6.07, 6.45) is 4.70. The fourth-order valence-corrected chi connectivity index (χ4v) is 2.25. The zero-order chi connectivity index (χ0) is 12.7. The van der Waals surface area contributed by atoms with Crippen LogP contribution >= 0.6 is 0 Å². The second-order valence-corrected chi connectivity index (χ2v) is 5.42. The van der Waals surface area contributed by atoms with E-state index in [0.29, 0.717) is 30.5 Å². The van der Waals surface area contributed by atoms with Crippen LogP contribution in [0.4, 0.5) is 0 Å². The predicted molar refractivity (Wildman–Crippen MR) is 62.1 cm³/mol. The molecule has 0 amide bonds. The Morgan fingerprint density at radius 3 is 2.67 bits per heavy atom. The summed E-state index contributed by atoms with van der Waals surface area (Å²) >= 11 is 0. The van der Waals surface area contributed by atoms with E-state index in [0.717, 1.165) is 25.7 Å². The first-order valence-electron chi connectivity index (χ1n) is 6.49. The van der Waals surface area contributed by atoms with Crippen molar-refractivity contribution in [3.05, 3.63) is 11.4 Å². The van der Waals surface area contributed by atoms with E-state index in [1.807, 2.05) is 0 Å². The molecule has 2 aliphatic carbocycles. The van der Waals surface area contributed by atoms with Crippen LogP contribution < -0.4 is 0 Å². The van der Waals surface area contributed by atoms with Gasteiger partial charge in [-0.1, -0.05) is 5.21 Å². The van der Waals surface area contributed by atoms with Gasteiger partial charge in [-0.15, -0.1) is 5.10 Å². The lowest BCUT2D eigenvalue weighted by Gasteiger charge is -2.11. The number of hydrogen-bond donors (Lipinski definition) is 2. The molecule has 0 saturated heterocycles. The molecule has 1 aromatic heterocycles. The average molecular weight is 251 g/mol. The number of aromatic nitrogens is 3. The number of aliphatic hydroxyl groups excluding tert-OH is 1. The van der Waals surface area contributed by atoms with Gasteiger partial charge in [-0.25, -0.2) is 9.48 Å². The number of aromatic carboxylic acids is 1. The molecule has 6 nitrogen and oxygen atoms in total. The Morgan fingerprint density at radius 2 is 2.11 bits per heavy atom. The second kappa shape index (κ2) is 4.35. The van der Waals surface area contributed by atoms with Crippen LogP contribution in [0.25, 0.3) is 0 Å². The van der Waals surface area contributed by atoms with Crippen molar-refractivity contribution in [1.82, 2.24) is 15.0 Å². The normalized spacial score (nSPS) is 20.9. The van der Waals surface area contributed by atoms with E-state index in [4.69, 9.17) is 5.11 Å². The van der Waals surface area contributed by atoms with Gasteiger partial charge in [0.2, 0.25) is 0 Å². The third-order valence-electron chi connectivity index (χ3n) is 3.75. The molecule has 1 atom stereocenters. The quantitative estimate of drug-likeness (QED) is 0.777. The van der Waals surface area contributed by atoms with E-state index in [-0.39, 0.29) is 5.69 Å². The minimum absolute atomic E-state index is 0.0462. The molecule has 0 aromatic carbocycles. The molecule has 1 aromatic rings. The summed E-state index contributed by atoms with van der Waals surface area (Å²) in [7, 11) is 0. The summed E-state index contributed by atoms with van der Waals surface area (Å²) in [5.41, 5.74) is 0.717. The van der Waals surface area contributed by atoms with E-state index < -0.39 is 12.1 Å². The van der Waals surface area contributed by atoms with Crippen molar-refractivity contribution in [2.24, 2.45) is 11.8 Å². The molecule has 6 heteroatoms. The zero-order valence-electron chi connectivity index (χ0n) is 10.1. The molecule has 18 heavy (non-hydrogen) atoms. The molecular formula is C12H17N3O3. The number of carbonyl (C=O) groups is 1. The summed E-state index contributed by atoms with van der Waals surface area (Å²) < 4.78 is 1.59. The summed E-state index contributed by atoms with van der Waals surface area (Å²) in [6, 6.07) is 0. The summed E-state index contributed by atoms with van der Waals surface area (Å²) in [6.45, 7) is 0.368. The number of rotatable bonds is 6. The lowest BCUT2D eigenvalue weighted by atomic mass is 10.1. The molecule has 0 aliphatic heterocycles. The van der Waals surface area contributed by atoms with Crippen LogP contribution in [0.3, 0.4) is 0 Å². The first-order valence-corrected chi connectivity index (χ1v) is 6.49. The Morgan fingerprint density at radius 1 is 1.39 bits per heavy atom. The lowest BCUT2D eigenvalue weighted by Crippen LogP contribution is -2.21. The van der Waals surface area contributed by atoms with Crippen LogP contribution in [-0.2, 0) is 13.0 Å². The van der Waals surface area contributed by atoms with E-state index in [1.165, 1.54) is 0 Å². The van der Waals surface area contributed by atoms with Crippen LogP contribution in [0.5, 0.6) is 0 Å². The average Bonchev–Trinajstić information content (AvgIpc) is 3.20. The van der Waals surface area contributed by atoms with Crippen LogP contribution in [0.2, 0.25) is 0 Å². The number of nitrogens with zero attached hydrogens (tertiary/aromatic N) is 3. The van der Waals surface area contributed by atoms with Crippen molar-refractivity contribution >= 4 is 5.97 Å². The van der Waals surface area contributed by atoms with Crippen LogP contribution in [-0.4, -0.2) is 37.3 Å². The maximum atomic E-state index is 11.1. The van der Waals surface area contributed by atoms with E-state index >= 15 is 0 Å². The molecule has 98 valence electrons. The van der Waals surface area contributed by atoms with Gasteiger partial charge in [0.25, 0.3) is 0 Å². The third-order valence-corrected chi connectivity index (χ3v) is 3.75. The van der Waals surface area contributed by atoms with Crippen LogP contribution in [0.15, 0.2) is 0 Å². The molecule has 0 radical (unpaired) electrons. The molecule has 0 bridgehead atoms. The Kier molecular flexibility index (Phi) is 2.81. The molecule has 1 heterocycles. The molecule has 1 unspecified atom stereocenters. The summed E-state index contributed by atoms with van der Waals surface area (Å²) in [5.74, 6) is -0.104. The molecule has 2 aliphatic rings. The highest BCUT2D eigenvalue weighted by Gasteiger charge is 2.33. The van der Waals surface area contributed by atoms with Gasteiger partial charge >= 0.3 is 5.97 Å². The van der Waals surface area contributed by atoms with Gasteiger partial charge in [-0.05, 0) is 43.9 Å². The fraction of sp³-hybridized carbons (Fsp3) is 0.750. The number of hydrogen-bond acceptors (Lipinski definition) is 4. The van der Waals surface area contributed by atoms with Crippen LogP contribution in [0, 0.1) is 11.8 Å². The van der Waals surface area contributed by atoms with Gasteiger partial charge in [0.1, 0.15) is 0 Å². The lowest BCUT2D eigenvalue weighted by molar-refractivity contribution is 0.0688. The zero-order valence-corrected chi connectivity index (χ0v) is 10.1. The van der Waals surface area contributed by atoms with Gasteiger partial charge in [0.05, 0.1) is 18.3 Å². The van der Waals surface area contributed by atoms with E-state index in [1.54, 1.807) is 4.68 Å². The molecule has 2 N–H and O–H groups in total. The minimum atomic E-state index is -1.03. The highest BCUT2D eigenvalue weighted by molar-refractivity contribution is 5.86. The number of aliphatic hydroxyl groups is 1. The van der Waals surface area contributed by atoms with Crippen molar-refractivity contribution in [3.63, 3.8) is 0 Å². The Balaban J connectivity index is 1.79. The molecule has 0 spiro atoms. The third kappa shape index (κ3) is 2.38. The minimum Gasteiger partial charge on any atom is -0.476 e. The highest BCUT2D eigenvalue weighted by atomic mass is 16.4. The predicted octanol–water partition coefficient (Wildman–Crippen LogP) is 0.700. The number of carboxylic acids is 1. The molecule has 2 saturated carbocycles. The molecule has 2 fully saturated rings. The van der Waals surface area contributed by atoms with Gasteiger partial charge in [0.15, 0.2) is 5.69 Å². The molecule has 3 rings (SSSR count). The first-order chi connectivity index (χ1) is 8.65. The highest BCUT2D eigenvalue weighted by Crippen LogP contribution is 2.35. The Hall–Kier alpha value is -1.43. The SMILES string of the molecule is O=C(O)c1nnn(CC(O)C2CC2)c1CC1CC1. The van der Waals surface area contributed by atoms with Crippen molar-refractivity contribution in [1.29, 1.82) is 0 Å². The monoisotopic (exact) mass is 251 g/mol. The van der Waals surface area contributed by atoms with Crippen molar-refractivity contribution < 1.29 is 15.0 Å². The van der Waals surface area contributed by atoms with Gasteiger partial charge in [0, 0.05) is 0 Å². The van der Waals surface area contributed by atoms with Gasteiger partial charge in [-0.2, -0.15) is 0 Å². The summed E-state index contributed by atoms with van der Waals surface area (Å²) in [5, 5.41) is 26.6. The van der Waals surface area contributed by atoms with Crippen molar-refractivity contribution in [2.45, 2.75) is 44.8 Å². The number of carboxylic acid groups (broad SMARTS) is 1.